The number of Topliss-reactive ketones (excluding diaryl/α,β-unsaturated/α-hetero) is 1. The van der Waals surface area contributed by atoms with E-state index in [-0.39, 0.29) is 18.1 Å². The van der Waals surface area contributed by atoms with Crippen molar-refractivity contribution in [3.8, 4) is 0 Å². The zero-order valence-electron chi connectivity index (χ0n) is 12.2. The molecule has 2 aliphatic heterocycles. The van der Waals surface area contributed by atoms with E-state index >= 15 is 0 Å². The molecule has 22 heavy (non-hydrogen) atoms. The average Bonchev–Trinajstić information content (AvgIpc) is 2.46. The quantitative estimate of drug-likeness (QED) is 0.786. The van der Waals surface area contributed by atoms with Crippen LogP contribution in [0.2, 0.25) is 0 Å². The van der Waals surface area contributed by atoms with Gasteiger partial charge in [0.25, 0.3) is 0 Å². The molecule has 2 bridgehead atoms. The highest BCUT2D eigenvalue weighted by Crippen LogP contribution is 2.44. The molecule has 0 radical (unpaired) electrons. The average molecular weight is 328 g/mol. The summed E-state index contributed by atoms with van der Waals surface area (Å²) >= 11 is 2.01. The number of thioether (sulfide) groups is 1. The molecular formula is C17H19F3OS. The lowest BCUT2D eigenvalue weighted by Gasteiger charge is -2.38. The van der Waals surface area contributed by atoms with Crippen molar-refractivity contribution in [3.63, 3.8) is 0 Å². The predicted molar refractivity (Wildman–Crippen MR) is 81.9 cm³/mol. The molecule has 0 spiro atoms. The number of hydrogen-bond donors (Lipinski definition) is 0. The van der Waals surface area contributed by atoms with Crippen LogP contribution in [0, 0.1) is 5.92 Å². The predicted octanol–water partition coefficient (Wildman–Crippen LogP) is 4.88. The Morgan fingerprint density at radius 3 is 2.50 bits per heavy atom. The minimum atomic E-state index is -4.35. The van der Waals surface area contributed by atoms with Crippen LogP contribution < -0.4 is 0 Å². The van der Waals surface area contributed by atoms with Crippen molar-refractivity contribution in [2.24, 2.45) is 5.92 Å². The summed E-state index contributed by atoms with van der Waals surface area (Å²) in [5, 5.41) is 1.14. The van der Waals surface area contributed by atoms with E-state index in [0.717, 1.165) is 25.0 Å². The monoisotopic (exact) mass is 328 g/mol. The molecular weight excluding hydrogens is 309 g/mol. The maximum atomic E-state index is 12.7. The van der Waals surface area contributed by atoms with E-state index in [2.05, 4.69) is 0 Å². The molecule has 0 N–H and O–H groups in total. The molecule has 2 heterocycles. The second kappa shape index (κ2) is 6.26. The lowest BCUT2D eigenvalue weighted by molar-refractivity contribution is -0.137. The number of fused-ring (bicyclic) bond motifs is 2. The highest BCUT2D eigenvalue weighted by atomic mass is 32.2. The van der Waals surface area contributed by atoms with Crippen LogP contribution in [0.1, 0.15) is 43.2 Å². The zero-order chi connectivity index (χ0) is 15.7. The van der Waals surface area contributed by atoms with E-state index in [4.69, 9.17) is 0 Å². The van der Waals surface area contributed by atoms with Crippen molar-refractivity contribution in [3.05, 3.63) is 35.4 Å². The summed E-state index contributed by atoms with van der Waals surface area (Å²) in [5.74, 6) is 0.141. The lowest BCUT2D eigenvalue weighted by atomic mass is 9.84. The Morgan fingerprint density at radius 2 is 1.86 bits per heavy atom. The first-order chi connectivity index (χ1) is 10.4. The summed E-state index contributed by atoms with van der Waals surface area (Å²) < 4.78 is 38.2. The largest absolute Gasteiger partial charge is 0.416 e. The SMILES string of the molecule is O=C(Cc1cccc(C(F)(F)F)c1)C1CC2CCCC(C1)S2. The first-order valence-electron chi connectivity index (χ1n) is 7.76. The highest BCUT2D eigenvalue weighted by Gasteiger charge is 2.35. The molecule has 1 aromatic rings. The van der Waals surface area contributed by atoms with Gasteiger partial charge in [-0.15, -0.1) is 0 Å². The van der Waals surface area contributed by atoms with Crippen LogP contribution in [0.4, 0.5) is 13.2 Å². The molecule has 2 fully saturated rings. The number of alkyl halides is 3. The number of ketones is 1. The molecule has 2 aliphatic rings. The number of hydrogen-bond acceptors (Lipinski definition) is 2. The fraction of sp³-hybridized carbons (Fsp3) is 0.588. The number of halogens is 3. The first-order valence-corrected chi connectivity index (χ1v) is 8.70. The molecule has 2 saturated heterocycles. The van der Waals surface area contributed by atoms with E-state index < -0.39 is 11.7 Å². The van der Waals surface area contributed by atoms with Crippen molar-refractivity contribution in [2.75, 3.05) is 0 Å². The second-order valence-electron chi connectivity index (χ2n) is 6.32. The third kappa shape index (κ3) is 3.67. The van der Waals surface area contributed by atoms with E-state index in [1.807, 2.05) is 11.8 Å². The van der Waals surface area contributed by atoms with Gasteiger partial charge in [-0.2, -0.15) is 24.9 Å². The van der Waals surface area contributed by atoms with Crippen molar-refractivity contribution in [1.82, 2.24) is 0 Å². The molecule has 5 heteroatoms. The minimum Gasteiger partial charge on any atom is -0.299 e. The number of carbonyl (C=O) groups is 1. The normalized spacial score (nSPS) is 28.4. The molecule has 3 rings (SSSR count). The third-order valence-electron chi connectivity index (χ3n) is 4.62. The van der Waals surface area contributed by atoms with Crippen LogP contribution in [0.3, 0.4) is 0 Å². The van der Waals surface area contributed by atoms with Gasteiger partial charge in [0.1, 0.15) is 5.78 Å². The Balaban J connectivity index is 1.67. The van der Waals surface area contributed by atoms with Crippen LogP contribution in [0.25, 0.3) is 0 Å². The minimum absolute atomic E-state index is 0.0334. The second-order valence-corrected chi connectivity index (χ2v) is 7.93. The Morgan fingerprint density at radius 1 is 1.18 bits per heavy atom. The van der Waals surface area contributed by atoms with Crippen LogP contribution in [0.5, 0.6) is 0 Å². The summed E-state index contributed by atoms with van der Waals surface area (Å²) in [6.45, 7) is 0. The Kier molecular flexibility index (Phi) is 4.53. The van der Waals surface area contributed by atoms with Gasteiger partial charge in [0, 0.05) is 22.8 Å². The number of carbonyl (C=O) groups excluding carboxylic acids is 1. The molecule has 0 amide bonds. The first kappa shape index (κ1) is 15.9. The maximum absolute atomic E-state index is 12.7. The van der Waals surface area contributed by atoms with E-state index in [9.17, 15) is 18.0 Å². The molecule has 0 saturated carbocycles. The van der Waals surface area contributed by atoms with Gasteiger partial charge in [-0.1, -0.05) is 24.6 Å². The maximum Gasteiger partial charge on any atom is 0.416 e. The van der Waals surface area contributed by atoms with Gasteiger partial charge < -0.3 is 0 Å². The summed E-state index contributed by atoms with van der Waals surface area (Å²) in [6.07, 6.45) is 1.17. The number of benzene rings is 1. The summed E-state index contributed by atoms with van der Waals surface area (Å²) in [4.78, 5) is 12.5. The molecule has 0 aromatic heterocycles. The van der Waals surface area contributed by atoms with Crippen molar-refractivity contribution in [1.29, 1.82) is 0 Å². The summed E-state index contributed by atoms with van der Waals surface area (Å²) in [7, 11) is 0. The smallest absolute Gasteiger partial charge is 0.299 e. The van der Waals surface area contributed by atoms with E-state index in [1.165, 1.54) is 25.3 Å². The molecule has 120 valence electrons. The van der Waals surface area contributed by atoms with Crippen molar-refractivity contribution < 1.29 is 18.0 Å². The van der Waals surface area contributed by atoms with Crippen LogP contribution >= 0.6 is 11.8 Å². The van der Waals surface area contributed by atoms with Crippen LogP contribution in [-0.2, 0) is 17.4 Å². The van der Waals surface area contributed by atoms with Crippen LogP contribution in [-0.4, -0.2) is 16.3 Å². The molecule has 1 aromatic carbocycles. The molecule has 2 unspecified atom stereocenters. The Labute approximate surface area is 132 Å². The fourth-order valence-corrected chi connectivity index (χ4v) is 5.36. The molecule has 1 nitrogen and oxygen atoms in total. The highest BCUT2D eigenvalue weighted by molar-refractivity contribution is 8.00. The van der Waals surface area contributed by atoms with E-state index in [1.54, 1.807) is 6.07 Å². The number of rotatable bonds is 3. The Hall–Kier alpha value is -0.970. The molecule has 0 aliphatic carbocycles. The van der Waals surface area contributed by atoms with Gasteiger partial charge in [0.15, 0.2) is 0 Å². The van der Waals surface area contributed by atoms with Crippen LogP contribution in [0.15, 0.2) is 24.3 Å². The summed E-state index contributed by atoms with van der Waals surface area (Å²) in [6, 6.07) is 5.16. The van der Waals surface area contributed by atoms with Crippen molar-refractivity contribution in [2.45, 2.75) is 55.2 Å². The van der Waals surface area contributed by atoms with E-state index in [0.29, 0.717) is 16.1 Å². The fourth-order valence-electron chi connectivity index (χ4n) is 3.53. The topological polar surface area (TPSA) is 17.1 Å². The van der Waals surface area contributed by atoms with Gasteiger partial charge >= 0.3 is 6.18 Å². The third-order valence-corrected chi connectivity index (χ3v) is 6.25. The molecule has 2 atom stereocenters. The van der Waals surface area contributed by atoms with Gasteiger partial charge in [-0.05, 0) is 37.3 Å². The standard InChI is InChI=1S/C17H19F3OS/c18-17(19,20)13-4-1-3-11(7-13)8-16(21)12-9-14-5-2-6-15(10-12)22-14/h1,3-4,7,12,14-15H,2,5-6,8-10H2. The summed E-state index contributed by atoms with van der Waals surface area (Å²) in [5.41, 5.74) is -0.197. The Bertz CT molecular complexity index is 543. The van der Waals surface area contributed by atoms with Gasteiger partial charge in [-0.3, -0.25) is 4.79 Å². The zero-order valence-corrected chi connectivity index (χ0v) is 13.1. The lowest BCUT2D eigenvalue weighted by Crippen LogP contribution is -2.33. The van der Waals surface area contributed by atoms with Gasteiger partial charge in [0.05, 0.1) is 5.56 Å². The van der Waals surface area contributed by atoms with Gasteiger partial charge in [-0.25, -0.2) is 0 Å². The van der Waals surface area contributed by atoms with Crippen molar-refractivity contribution >= 4 is 17.5 Å². The van der Waals surface area contributed by atoms with Gasteiger partial charge in [0.2, 0.25) is 0 Å².